The molecular formula is C16H14N4O5S. The summed E-state index contributed by atoms with van der Waals surface area (Å²) in [5.74, 6) is -1.81. The van der Waals surface area contributed by atoms with Crippen molar-refractivity contribution in [3.63, 3.8) is 0 Å². The maximum Gasteiger partial charge on any atom is 0.348 e. The molecule has 3 rings (SSSR count). The summed E-state index contributed by atoms with van der Waals surface area (Å²) < 4.78 is 10.9. The second kappa shape index (κ2) is 6.92. The van der Waals surface area contributed by atoms with Gasteiger partial charge in [0.1, 0.15) is 9.88 Å². The first-order chi connectivity index (χ1) is 12.5. The first kappa shape index (κ1) is 17.5. The monoisotopic (exact) mass is 374 g/mol. The van der Waals surface area contributed by atoms with E-state index >= 15 is 0 Å². The minimum atomic E-state index is -0.666. The fraction of sp³-hybridized carbons (Fsp3) is 0.188. The first-order valence-electron chi connectivity index (χ1n) is 7.38. The van der Waals surface area contributed by atoms with Gasteiger partial charge in [0.25, 0.3) is 5.91 Å². The molecule has 0 saturated heterocycles. The molecule has 0 aliphatic carbocycles. The Kier molecular flexibility index (Phi) is 4.67. The molecule has 1 N–H and O–H groups in total. The Hall–Kier alpha value is -3.27. The number of nitrogens with zero attached hydrogens (tertiary/aromatic N) is 3. The predicted molar refractivity (Wildman–Crippen MR) is 92.7 cm³/mol. The van der Waals surface area contributed by atoms with Crippen LogP contribution in [0.1, 0.15) is 36.1 Å². The van der Waals surface area contributed by atoms with Crippen molar-refractivity contribution in [3.8, 4) is 0 Å². The molecule has 0 unspecified atom stereocenters. The standard InChI is InChI=1S/C16H14N4O5S/c1-8-11(15(22)24-2)14(26-12(8)16(23)25-3)18-13(21)9-7-10-17-5-4-6-20(10)19-9/h4-7H,1-3H3,(H,18,21). The minimum Gasteiger partial charge on any atom is -0.465 e. The van der Waals surface area contributed by atoms with Gasteiger partial charge in [-0.15, -0.1) is 11.3 Å². The Morgan fingerprint density at radius 2 is 1.92 bits per heavy atom. The molecule has 0 spiro atoms. The average Bonchev–Trinajstić information content (AvgIpc) is 3.21. The van der Waals surface area contributed by atoms with Crippen LogP contribution in [0.5, 0.6) is 0 Å². The van der Waals surface area contributed by atoms with E-state index < -0.39 is 17.8 Å². The second-order valence-corrected chi connectivity index (χ2v) is 6.17. The molecule has 3 aromatic heterocycles. The maximum absolute atomic E-state index is 12.5. The lowest BCUT2D eigenvalue weighted by Crippen LogP contribution is -2.15. The van der Waals surface area contributed by atoms with Gasteiger partial charge in [-0.1, -0.05) is 0 Å². The molecule has 0 fully saturated rings. The van der Waals surface area contributed by atoms with Gasteiger partial charge in [0.15, 0.2) is 11.3 Å². The number of methoxy groups -OCH3 is 2. The number of esters is 2. The van der Waals surface area contributed by atoms with Crippen LogP contribution in [-0.4, -0.2) is 46.7 Å². The molecule has 0 saturated carbocycles. The highest BCUT2D eigenvalue weighted by atomic mass is 32.1. The Labute approximate surface area is 151 Å². The van der Waals surface area contributed by atoms with Crippen LogP contribution in [0.2, 0.25) is 0 Å². The van der Waals surface area contributed by atoms with E-state index in [0.717, 1.165) is 11.3 Å². The molecule has 3 aromatic rings. The number of ether oxygens (including phenoxy) is 2. The predicted octanol–water partition coefficient (Wildman–Crippen LogP) is 1.92. The lowest BCUT2D eigenvalue weighted by molar-refractivity contribution is 0.0601. The number of anilines is 1. The van der Waals surface area contributed by atoms with Gasteiger partial charge < -0.3 is 14.8 Å². The average molecular weight is 374 g/mol. The Morgan fingerprint density at radius 1 is 1.19 bits per heavy atom. The van der Waals surface area contributed by atoms with Crippen molar-refractivity contribution >= 4 is 39.8 Å². The number of hydrogen-bond acceptors (Lipinski definition) is 8. The van der Waals surface area contributed by atoms with Gasteiger partial charge >= 0.3 is 11.9 Å². The fourth-order valence-corrected chi connectivity index (χ4v) is 3.45. The number of aromatic nitrogens is 3. The molecule has 0 aliphatic rings. The third kappa shape index (κ3) is 3.02. The maximum atomic E-state index is 12.5. The highest BCUT2D eigenvalue weighted by Gasteiger charge is 2.27. The van der Waals surface area contributed by atoms with Gasteiger partial charge in [-0.3, -0.25) is 4.79 Å². The van der Waals surface area contributed by atoms with E-state index in [0.29, 0.717) is 11.2 Å². The van der Waals surface area contributed by atoms with Crippen molar-refractivity contribution in [2.45, 2.75) is 6.92 Å². The SMILES string of the molecule is COC(=O)c1sc(NC(=O)c2cc3ncccn3n2)c(C(=O)OC)c1C. The number of nitrogens with one attached hydrogen (secondary N) is 1. The first-order valence-corrected chi connectivity index (χ1v) is 8.19. The zero-order chi connectivity index (χ0) is 18.8. The summed E-state index contributed by atoms with van der Waals surface area (Å²) in [7, 11) is 2.46. The Balaban J connectivity index is 1.98. The number of carbonyl (C=O) groups excluding carboxylic acids is 3. The normalized spacial score (nSPS) is 10.6. The van der Waals surface area contributed by atoms with E-state index in [1.54, 1.807) is 25.4 Å². The number of rotatable bonds is 4. The highest BCUT2D eigenvalue weighted by molar-refractivity contribution is 7.18. The van der Waals surface area contributed by atoms with E-state index in [1.807, 2.05) is 0 Å². The van der Waals surface area contributed by atoms with Gasteiger partial charge in [-0.25, -0.2) is 19.1 Å². The molecule has 0 atom stereocenters. The van der Waals surface area contributed by atoms with Gasteiger partial charge in [0, 0.05) is 18.5 Å². The van der Waals surface area contributed by atoms with Crippen LogP contribution in [0.15, 0.2) is 24.5 Å². The van der Waals surface area contributed by atoms with Crippen molar-refractivity contribution in [1.82, 2.24) is 14.6 Å². The topological polar surface area (TPSA) is 112 Å². The van der Waals surface area contributed by atoms with E-state index in [1.165, 1.54) is 24.8 Å². The zero-order valence-electron chi connectivity index (χ0n) is 14.1. The molecule has 0 aromatic carbocycles. The lowest BCUT2D eigenvalue weighted by Gasteiger charge is -2.04. The Morgan fingerprint density at radius 3 is 2.58 bits per heavy atom. The van der Waals surface area contributed by atoms with Crippen molar-refractivity contribution in [1.29, 1.82) is 0 Å². The Bertz CT molecular complexity index is 990. The number of carbonyl (C=O) groups is 3. The van der Waals surface area contributed by atoms with Crippen LogP contribution in [0.25, 0.3) is 5.65 Å². The van der Waals surface area contributed by atoms with Crippen LogP contribution in [0, 0.1) is 6.92 Å². The van der Waals surface area contributed by atoms with Gasteiger partial charge in [-0.2, -0.15) is 5.10 Å². The molecule has 1 amide bonds. The number of fused-ring (bicyclic) bond motifs is 1. The summed E-state index contributed by atoms with van der Waals surface area (Å²) in [5.41, 5.74) is 1.10. The summed E-state index contributed by atoms with van der Waals surface area (Å²) in [5, 5.41) is 6.92. The van der Waals surface area contributed by atoms with Crippen molar-refractivity contribution in [2.75, 3.05) is 19.5 Å². The van der Waals surface area contributed by atoms with Crippen LogP contribution >= 0.6 is 11.3 Å². The summed E-state index contributed by atoms with van der Waals surface area (Å²) >= 11 is 0.935. The summed E-state index contributed by atoms with van der Waals surface area (Å²) in [4.78, 5) is 40.8. The largest absolute Gasteiger partial charge is 0.465 e. The van der Waals surface area contributed by atoms with Gasteiger partial charge in [-0.05, 0) is 18.6 Å². The molecule has 0 radical (unpaired) electrons. The van der Waals surface area contributed by atoms with Crippen molar-refractivity contribution in [3.05, 3.63) is 46.2 Å². The summed E-state index contributed by atoms with van der Waals surface area (Å²) in [6.07, 6.45) is 3.24. The van der Waals surface area contributed by atoms with Gasteiger partial charge in [0.05, 0.1) is 19.8 Å². The van der Waals surface area contributed by atoms with Crippen molar-refractivity contribution < 1.29 is 23.9 Å². The second-order valence-electron chi connectivity index (χ2n) is 5.15. The van der Waals surface area contributed by atoms with E-state index in [9.17, 15) is 14.4 Å². The molecule has 0 bridgehead atoms. The molecular weight excluding hydrogens is 360 g/mol. The fourth-order valence-electron chi connectivity index (χ4n) is 2.35. The smallest absolute Gasteiger partial charge is 0.348 e. The number of thiophene rings is 1. The zero-order valence-corrected chi connectivity index (χ0v) is 14.9. The van der Waals surface area contributed by atoms with Crippen LogP contribution in [0.4, 0.5) is 5.00 Å². The van der Waals surface area contributed by atoms with Gasteiger partial charge in [0.2, 0.25) is 0 Å². The lowest BCUT2D eigenvalue weighted by atomic mass is 10.1. The van der Waals surface area contributed by atoms with Crippen molar-refractivity contribution in [2.24, 2.45) is 0 Å². The van der Waals surface area contributed by atoms with E-state index in [2.05, 4.69) is 15.4 Å². The van der Waals surface area contributed by atoms with Crippen LogP contribution < -0.4 is 5.32 Å². The highest BCUT2D eigenvalue weighted by Crippen LogP contribution is 2.34. The molecule has 3 heterocycles. The molecule has 134 valence electrons. The summed E-state index contributed by atoms with van der Waals surface area (Å²) in [6, 6.07) is 3.19. The molecule has 0 aliphatic heterocycles. The number of hydrogen-bond donors (Lipinski definition) is 1. The van der Waals surface area contributed by atoms with E-state index in [-0.39, 0.29) is 21.1 Å². The van der Waals surface area contributed by atoms with Crippen LogP contribution in [-0.2, 0) is 9.47 Å². The quantitative estimate of drug-likeness (QED) is 0.694. The third-order valence-corrected chi connectivity index (χ3v) is 4.79. The molecule has 10 heteroatoms. The van der Waals surface area contributed by atoms with Crippen LogP contribution in [0.3, 0.4) is 0 Å². The minimum absolute atomic E-state index is 0.105. The summed E-state index contributed by atoms with van der Waals surface area (Å²) in [6.45, 7) is 1.58. The van der Waals surface area contributed by atoms with E-state index in [4.69, 9.17) is 9.47 Å². The molecule has 26 heavy (non-hydrogen) atoms. The molecule has 9 nitrogen and oxygen atoms in total. The number of amides is 1. The third-order valence-electron chi connectivity index (χ3n) is 3.60.